The van der Waals surface area contributed by atoms with Gasteiger partial charge in [-0.2, -0.15) is 0 Å². The molecule has 2 aromatic rings. The second-order valence-corrected chi connectivity index (χ2v) is 3.87. The van der Waals surface area contributed by atoms with E-state index >= 15 is 0 Å². The molecule has 9 nitrogen and oxygen atoms in total. The van der Waals surface area contributed by atoms with Gasteiger partial charge in [0.2, 0.25) is 5.95 Å². The molecular weight excluding hydrogens is 280 g/mol. The highest BCUT2D eigenvalue weighted by molar-refractivity contribution is 5.91. The van der Waals surface area contributed by atoms with E-state index in [-0.39, 0.29) is 22.9 Å². The summed E-state index contributed by atoms with van der Waals surface area (Å²) in [5.74, 6) is -0.787. The van der Waals surface area contributed by atoms with E-state index in [0.717, 1.165) is 12.4 Å². The van der Waals surface area contributed by atoms with Gasteiger partial charge < -0.3 is 15.2 Å². The molecular formula is C12H10N4O5. The first-order valence-corrected chi connectivity index (χ1v) is 5.66. The van der Waals surface area contributed by atoms with Crippen molar-refractivity contribution in [2.75, 3.05) is 12.4 Å². The van der Waals surface area contributed by atoms with Crippen LogP contribution in [-0.4, -0.2) is 33.1 Å². The van der Waals surface area contributed by atoms with Gasteiger partial charge in [-0.15, -0.1) is 0 Å². The lowest BCUT2D eigenvalue weighted by Gasteiger charge is -2.08. The number of carboxylic acid groups (broad SMARTS) is 1. The highest BCUT2D eigenvalue weighted by atomic mass is 16.6. The van der Waals surface area contributed by atoms with Gasteiger partial charge >= 0.3 is 11.7 Å². The average molecular weight is 290 g/mol. The van der Waals surface area contributed by atoms with Crippen LogP contribution >= 0.6 is 0 Å². The number of nitrogens with zero attached hydrogens (tertiary/aromatic N) is 3. The van der Waals surface area contributed by atoms with Crippen molar-refractivity contribution >= 4 is 23.3 Å². The van der Waals surface area contributed by atoms with Gasteiger partial charge in [-0.3, -0.25) is 10.1 Å². The molecule has 108 valence electrons. The van der Waals surface area contributed by atoms with Crippen molar-refractivity contribution in [3.8, 4) is 5.75 Å². The first-order chi connectivity index (χ1) is 10.0. The Morgan fingerprint density at radius 1 is 1.38 bits per heavy atom. The molecule has 0 radical (unpaired) electrons. The number of carboxylic acids is 1. The second-order valence-electron chi connectivity index (χ2n) is 3.87. The summed E-state index contributed by atoms with van der Waals surface area (Å²) >= 11 is 0. The Labute approximate surface area is 118 Å². The third kappa shape index (κ3) is 3.21. The zero-order chi connectivity index (χ0) is 15.4. The molecule has 1 heterocycles. The molecule has 2 rings (SSSR count). The summed E-state index contributed by atoms with van der Waals surface area (Å²) in [5, 5.41) is 22.3. The summed E-state index contributed by atoms with van der Waals surface area (Å²) in [6, 6.07) is 4.35. The van der Waals surface area contributed by atoms with Crippen LogP contribution in [0.1, 0.15) is 10.4 Å². The molecule has 9 heteroatoms. The maximum absolute atomic E-state index is 11.0. The van der Waals surface area contributed by atoms with Crippen molar-refractivity contribution in [2.45, 2.75) is 0 Å². The predicted octanol–water partition coefficient (Wildman–Crippen LogP) is 1.84. The van der Waals surface area contributed by atoms with Gasteiger partial charge in [-0.1, -0.05) is 0 Å². The normalized spacial score (nSPS) is 9.95. The maximum atomic E-state index is 11.0. The molecule has 0 unspecified atom stereocenters. The number of hydrogen-bond acceptors (Lipinski definition) is 7. The molecule has 0 aliphatic rings. The Morgan fingerprint density at radius 2 is 2.05 bits per heavy atom. The van der Waals surface area contributed by atoms with E-state index in [1.807, 2.05) is 0 Å². The number of nitrogens with one attached hydrogen (secondary N) is 1. The van der Waals surface area contributed by atoms with Crippen molar-refractivity contribution in [1.82, 2.24) is 9.97 Å². The zero-order valence-corrected chi connectivity index (χ0v) is 10.8. The number of aromatic carboxylic acids is 1. The summed E-state index contributed by atoms with van der Waals surface area (Å²) in [7, 11) is 1.36. The summed E-state index contributed by atoms with van der Waals surface area (Å²) in [4.78, 5) is 28.4. The SMILES string of the molecule is COc1cc(Nc2ncc([N+](=O)[O-])cn2)ccc1C(=O)O. The largest absolute Gasteiger partial charge is 0.496 e. The highest BCUT2D eigenvalue weighted by Gasteiger charge is 2.12. The fourth-order valence-corrected chi connectivity index (χ4v) is 1.55. The summed E-state index contributed by atoms with van der Waals surface area (Å²) in [6.45, 7) is 0. The van der Waals surface area contributed by atoms with Gasteiger partial charge in [0.1, 0.15) is 23.7 Å². The van der Waals surface area contributed by atoms with E-state index < -0.39 is 10.9 Å². The van der Waals surface area contributed by atoms with Gasteiger partial charge in [0, 0.05) is 11.8 Å². The fraction of sp³-hybridized carbons (Fsp3) is 0.0833. The van der Waals surface area contributed by atoms with Crippen LogP contribution in [0.2, 0.25) is 0 Å². The Kier molecular flexibility index (Phi) is 3.93. The number of methoxy groups -OCH3 is 1. The van der Waals surface area contributed by atoms with Gasteiger partial charge in [0.05, 0.1) is 12.0 Å². The molecule has 0 aliphatic heterocycles. The minimum Gasteiger partial charge on any atom is -0.496 e. The zero-order valence-electron chi connectivity index (χ0n) is 10.8. The second kappa shape index (κ2) is 5.82. The number of anilines is 2. The molecule has 0 atom stereocenters. The maximum Gasteiger partial charge on any atom is 0.339 e. The molecule has 0 bridgehead atoms. The van der Waals surface area contributed by atoms with Crippen molar-refractivity contribution in [3.05, 3.63) is 46.3 Å². The molecule has 0 aliphatic carbocycles. The minimum atomic E-state index is -1.11. The topological polar surface area (TPSA) is 127 Å². The average Bonchev–Trinajstić information content (AvgIpc) is 2.47. The first kappa shape index (κ1) is 14.2. The number of benzene rings is 1. The van der Waals surface area contributed by atoms with Crippen LogP contribution < -0.4 is 10.1 Å². The van der Waals surface area contributed by atoms with E-state index in [1.54, 1.807) is 0 Å². The molecule has 1 aromatic carbocycles. The number of carbonyl (C=O) groups is 1. The standard InChI is InChI=1S/C12H10N4O5/c1-21-10-4-7(2-3-9(10)11(17)18)15-12-13-5-8(6-14-12)16(19)20/h2-6H,1H3,(H,17,18)(H,13,14,15). The van der Waals surface area contributed by atoms with Crippen molar-refractivity contribution in [2.24, 2.45) is 0 Å². The molecule has 0 amide bonds. The van der Waals surface area contributed by atoms with Crippen LogP contribution in [0, 0.1) is 10.1 Å². The van der Waals surface area contributed by atoms with Gasteiger partial charge in [-0.25, -0.2) is 14.8 Å². The number of nitro groups is 1. The van der Waals surface area contributed by atoms with Crippen LogP contribution in [-0.2, 0) is 0 Å². The fourth-order valence-electron chi connectivity index (χ4n) is 1.55. The lowest BCUT2D eigenvalue weighted by Crippen LogP contribution is -2.02. The summed E-state index contributed by atoms with van der Waals surface area (Å²) < 4.78 is 4.98. The van der Waals surface area contributed by atoms with Crippen molar-refractivity contribution in [1.29, 1.82) is 0 Å². The Bertz CT molecular complexity index is 687. The number of hydrogen-bond donors (Lipinski definition) is 2. The Hall–Kier alpha value is -3.23. The van der Waals surface area contributed by atoms with Gasteiger partial charge in [-0.05, 0) is 12.1 Å². The lowest BCUT2D eigenvalue weighted by molar-refractivity contribution is -0.385. The predicted molar refractivity (Wildman–Crippen MR) is 71.9 cm³/mol. The minimum absolute atomic E-state index is 0.0210. The quantitative estimate of drug-likeness (QED) is 0.630. The Morgan fingerprint density at radius 3 is 2.57 bits per heavy atom. The van der Waals surface area contributed by atoms with Crippen molar-refractivity contribution < 1.29 is 19.6 Å². The van der Waals surface area contributed by atoms with E-state index in [2.05, 4.69) is 15.3 Å². The van der Waals surface area contributed by atoms with Crippen molar-refractivity contribution in [3.63, 3.8) is 0 Å². The smallest absolute Gasteiger partial charge is 0.339 e. The van der Waals surface area contributed by atoms with Crippen LogP contribution in [0.15, 0.2) is 30.6 Å². The van der Waals surface area contributed by atoms with E-state index in [4.69, 9.17) is 9.84 Å². The third-order valence-corrected chi connectivity index (χ3v) is 2.54. The lowest BCUT2D eigenvalue weighted by atomic mass is 10.2. The van der Waals surface area contributed by atoms with Crippen LogP contribution in [0.5, 0.6) is 5.75 Å². The molecule has 0 saturated heterocycles. The molecule has 0 spiro atoms. The third-order valence-electron chi connectivity index (χ3n) is 2.54. The number of ether oxygens (including phenoxy) is 1. The molecule has 0 saturated carbocycles. The van der Waals surface area contributed by atoms with Crippen LogP contribution in [0.3, 0.4) is 0 Å². The molecule has 1 aromatic heterocycles. The van der Waals surface area contributed by atoms with Crippen LogP contribution in [0.25, 0.3) is 0 Å². The highest BCUT2D eigenvalue weighted by Crippen LogP contribution is 2.24. The van der Waals surface area contributed by atoms with E-state index in [9.17, 15) is 14.9 Å². The monoisotopic (exact) mass is 290 g/mol. The summed E-state index contributed by atoms with van der Waals surface area (Å²) in [5.41, 5.74) is 0.290. The number of rotatable bonds is 5. The van der Waals surface area contributed by atoms with E-state index in [1.165, 1.54) is 25.3 Å². The van der Waals surface area contributed by atoms with Gasteiger partial charge in [0.15, 0.2) is 0 Å². The number of aromatic nitrogens is 2. The van der Waals surface area contributed by atoms with Crippen LogP contribution in [0.4, 0.5) is 17.3 Å². The first-order valence-electron chi connectivity index (χ1n) is 5.66. The van der Waals surface area contributed by atoms with Gasteiger partial charge in [0.25, 0.3) is 0 Å². The Balaban J connectivity index is 2.23. The van der Waals surface area contributed by atoms with E-state index in [0.29, 0.717) is 5.69 Å². The molecule has 21 heavy (non-hydrogen) atoms. The summed E-state index contributed by atoms with van der Waals surface area (Å²) in [6.07, 6.45) is 2.14. The molecule has 2 N–H and O–H groups in total. The molecule has 0 fully saturated rings.